The lowest BCUT2D eigenvalue weighted by Crippen LogP contribution is -2.31. The smallest absolute Gasteiger partial charge is 0.325 e. The highest BCUT2D eigenvalue weighted by molar-refractivity contribution is 9.10. The first-order valence-electron chi connectivity index (χ1n) is 5.88. The predicted molar refractivity (Wildman–Crippen MR) is 77.4 cm³/mol. The molecule has 102 valence electrons. The Bertz CT molecular complexity index is 485. The topological polar surface area (TPSA) is 46.6 Å². The van der Waals surface area contributed by atoms with Crippen molar-refractivity contribution in [3.05, 3.63) is 40.4 Å². The molecule has 0 spiro atoms. The minimum atomic E-state index is -0.410. The highest BCUT2D eigenvalue weighted by Crippen LogP contribution is 2.17. The number of carbonyl (C=O) groups excluding carboxylic acids is 2. The van der Waals surface area contributed by atoms with Crippen molar-refractivity contribution in [2.24, 2.45) is 0 Å². The van der Waals surface area contributed by atoms with E-state index in [4.69, 9.17) is 4.74 Å². The van der Waals surface area contributed by atoms with Gasteiger partial charge in [-0.3, -0.25) is 9.59 Å². The van der Waals surface area contributed by atoms with Crippen LogP contribution < -0.4 is 0 Å². The fraction of sp³-hybridized carbons (Fsp3) is 0.286. The second-order valence-electron chi connectivity index (χ2n) is 3.85. The predicted octanol–water partition coefficient (Wildman–Crippen LogP) is 2.48. The van der Waals surface area contributed by atoms with Gasteiger partial charge in [0.05, 0.1) is 6.61 Å². The third-order valence-electron chi connectivity index (χ3n) is 2.36. The number of nitrogens with zero attached hydrogens (tertiary/aromatic N) is 1. The zero-order valence-electron chi connectivity index (χ0n) is 10.9. The quantitative estimate of drug-likeness (QED) is 0.617. The van der Waals surface area contributed by atoms with Crippen molar-refractivity contribution >= 4 is 33.9 Å². The lowest BCUT2D eigenvalue weighted by Gasteiger charge is -2.13. The van der Waals surface area contributed by atoms with Crippen LogP contribution in [0.2, 0.25) is 0 Å². The van der Waals surface area contributed by atoms with Gasteiger partial charge < -0.3 is 9.64 Å². The first kappa shape index (κ1) is 15.4. The summed E-state index contributed by atoms with van der Waals surface area (Å²) in [5.74, 6) is -0.656. The molecule has 0 fully saturated rings. The highest BCUT2D eigenvalue weighted by Gasteiger charge is 2.10. The van der Waals surface area contributed by atoms with E-state index in [0.717, 1.165) is 10.0 Å². The van der Waals surface area contributed by atoms with Gasteiger partial charge in [-0.1, -0.05) is 34.1 Å². The maximum absolute atomic E-state index is 11.8. The van der Waals surface area contributed by atoms with Gasteiger partial charge in [-0.15, -0.1) is 0 Å². The molecule has 0 atom stereocenters. The Morgan fingerprint density at radius 2 is 2.05 bits per heavy atom. The number of amides is 1. The number of carbonyl (C=O) groups is 2. The third-order valence-corrected chi connectivity index (χ3v) is 3.08. The first-order chi connectivity index (χ1) is 9.04. The molecule has 1 aromatic rings. The van der Waals surface area contributed by atoms with E-state index < -0.39 is 5.97 Å². The number of likely N-dealkylation sites (N-methyl/N-ethyl adjacent to an activating group) is 1. The molecule has 4 nitrogen and oxygen atoms in total. The minimum Gasteiger partial charge on any atom is -0.465 e. The Hall–Kier alpha value is -1.62. The van der Waals surface area contributed by atoms with E-state index in [1.165, 1.54) is 11.0 Å². The van der Waals surface area contributed by atoms with E-state index in [1.807, 2.05) is 24.3 Å². The van der Waals surface area contributed by atoms with Gasteiger partial charge in [0.15, 0.2) is 0 Å². The SMILES string of the molecule is CCOC(=O)CN(C)C(=O)/C=C/c1ccccc1Br. The molecule has 0 aliphatic rings. The summed E-state index contributed by atoms with van der Waals surface area (Å²) in [6, 6.07) is 7.57. The van der Waals surface area contributed by atoms with Crippen LogP contribution in [0.4, 0.5) is 0 Å². The third kappa shape index (κ3) is 5.26. The molecule has 0 heterocycles. The Kier molecular flexibility index (Phi) is 6.29. The summed E-state index contributed by atoms with van der Waals surface area (Å²) in [5.41, 5.74) is 0.903. The Morgan fingerprint density at radius 3 is 2.68 bits per heavy atom. The van der Waals surface area contributed by atoms with Crippen molar-refractivity contribution in [2.45, 2.75) is 6.92 Å². The van der Waals surface area contributed by atoms with E-state index in [0.29, 0.717) is 6.61 Å². The number of hydrogen-bond acceptors (Lipinski definition) is 3. The van der Waals surface area contributed by atoms with Gasteiger partial charge in [0.25, 0.3) is 0 Å². The molecule has 1 rings (SSSR count). The fourth-order valence-electron chi connectivity index (χ4n) is 1.38. The van der Waals surface area contributed by atoms with Crippen molar-refractivity contribution in [3.63, 3.8) is 0 Å². The number of ether oxygens (including phenoxy) is 1. The maximum Gasteiger partial charge on any atom is 0.325 e. The molecule has 0 saturated carbocycles. The average Bonchev–Trinajstić information content (AvgIpc) is 2.37. The molecule has 0 N–H and O–H groups in total. The first-order valence-corrected chi connectivity index (χ1v) is 6.67. The van der Waals surface area contributed by atoms with Gasteiger partial charge in [0.1, 0.15) is 6.54 Å². The molecule has 19 heavy (non-hydrogen) atoms. The number of hydrogen-bond donors (Lipinski definition) is 0. The van der Waals surface area contributed by atoms with E-state index in [2.05, 4.69) is 15.9 Å². The molecule has 0 bridgehead atoms. The van der Waals surface area contributed by atoms with Crippen molar-refractivity contribution < 1.29 is 14.3 Å². The molecule has 1 amide bonds. The van der Waals surface area contributed by atoms with Crippen LogP contribution in [0.15, 0.2) is 34.8 Å². The largest absolute Gasteiger partial charge is 0.465 e. The van der Waals surface area contributed by atoms with Crippen LogP contribution in [-0.2, 0) is 14.3 Å². The Balaban J connectivity index is 2.59. The molecule has 1 aromatic carbocycles. The van der Waals surface area contributed by atoms with Crippen LogP contribution in [0, 0.1) is 0 Å². The summed E-state index contributed by atoms with van der Waals surface area (Å²) >= 11 is 3.39. The molecule has 0 saturated heterocycles. The highest BCUT2D eigenvalue weighted by atomic mass is 79.9. The van der Waals surface area contributed by atoms with Crippen LogP contribution in [-0.4, -0.2) is 37.0 Å². The van der Waals surface area contributed by atoms with Crippen molar-refractivity contribution in [1.82, 2.24) is 4.90 Å². The minimum absolute atomic E-state index is 0.0486. The average molecular weight is 326 g/mol. The van der Waals surface area contributed by atoms with Crippen LogP contribution in [0.3, 0.4) is 0 Å². The maximum atomic E-state index is 11.8. The van der Waals surface area contributed by atoms with Gasteiger partial charge in [-0.2, -0.15) is 0 Å². The monoisotopic (exact) mass is 325 g/mol. The lowest BCUT2D eigenvalue weighted by molar-refractivity contribution is -0.146. The molecule has 0 aliphatic heterocycles. The number of benzene rings is 1. The number of esters is 1. The molecule has 0 radical (unpaired) electrons. The molecule has 0 aliphatic carbocycles. The second kappa shape index (κ2) is 7.74. The second-order valence-corrected chi connectivity index (χ2v) is 4.71. The number of rotatable bonds is 5. The van der Waals surface area contributed by atoms with Crippen LogP contribution in [0.25, 0.3) is 6.08 Å². The molecule has 0 aromatic heterocycles. The van der Waals surface area contributed by atoms with Crippen LogP contribution >= 0.6 is 15.9 Å². The zero-order chi connectivity index (χ0) is 14.3. The van der Waals surface area contributed by atoms with E-state index in [1.54, 1.807) is 20.0 Å². The van der Waals surface area contributed by atoms with Crippen molar-refractivity contribution in [1.29, 1.82) is 0 Å². The molecular weight excluding hydrogens is 310 g/mol. The summed E-state index contributed by atoms with van der Waals surface area (Å²) in [5, 5.41) is 0. The van der Waals surface area contributed by atoms with Crippen molar-refractivity contribution in [3.8, 4) is 0 Å². The normalized spacial score (nSPS) is 10.5. The summed E-state index contributed by atoms with van der Waals surface area (Å²) in [4.78, 5) is 24.3. The van der Waals surface area contributed by atoms with Gasteiger partial charge in [-0.25, -0.2) is 0 Å². The molecule has 0 unspecified atom stereocenters. The van der Waals surface area contributed by atoms with Gasteiger partial charge in [-0.05, 0) is 24.6 Å². The summed E-state index contributed by atoms with van der Waals surface area (Å²) in [6.07, 6.45) is 3.13. The number of halogens is 1. The van der Waals surface area contributed by atoms with Crippen LogP contribution in [0.5, 0.6) is 0 Å². The lowest BCUT2D eigenvalue weighted by atomic mass is 10.2. The van der Waals surface area contributed by atoms with Gasteiger partial charge >= 0.3 is 5.97 Å². The summed E-state index contributed by atoms with van der Waals surface area (Å²) < 4.78 is 5.69. The summed E-state index contributed by atoms with van der Waals surface area (Å²) in [6.45, 7) is 1.99. The van der Waals surface area contributed by atoms with Gasteiger partial charge in [0, 0.05) is 17.6 Å². The van der Waals surface area contributed by atoms with Gasteiger partial charge in [0.2, 0.25) is 5.91 Å². The molecule has 5 heteroatoms. The van der Waals surface area contributed by atoms with Crippen molar-refractivity contribution in [2.75, 3.05) is 20.2 Å². The van der Waals surface area contributed by atoms with E-state index in [9.17, 15) is 9.59 Å². The standard InChI is InChI=1S/C14H16BrNO3/c1-3-19-14(18)10-16(2)13(17)9-8-11-6-4-5-7-12(11)15/h4-9H,3,10H2,1-2H3/b9-8+. The zero-order valence-corrected chi connectivity index (χ0v) is 12.5. The van der Waals surface area contributed by atoms with Crippen LogP contribution in [0.1, 0.15) is 12.5 Å². The molecular formula is C14H16BrNO3. The van der Waals surface area contributed by atoms with E-state index >= 15 is 0 Å². The van der Waals surface area contributed by atoms with E-state index in [-0.39, 0.29) is 12.5 Å². The Morgan fingerprint density at radius 1 is 1.37 bits per heavy atom. The summed E-state index contributed by atoms with van der Waals surface area (Å²) in [7, 11) is 1.56. The Labute approximate surface area is 121 Å². The fourth-order valence-corrected chi connectivity index (χ4v) is 1.79.